The highest BCUT2D eigenvalue weighted by atomic mass is 16.5. The Bertz CT molecular complexity index is 947. The number of rotatable bonds is 6. The number of benzene rings is 3. The van der Waals surface area contributed by atoms with Gasteiger partial charge in [-0.25, -0.2) is 0 Å². The summed E-state index contributed by atoms with van der Waals surface area (Å²) in [6, 6.07) is 20.2. The van der Waals surface area contributed by atoms with Gasteiger partial charge >= 0.3 is 0 Å². The van der Waals surface area contributed by atoms with Crippen molar-refractivity contribution in [3.8, 4) is 5.75 Å². The minimum absolute atomic E-state index is 0.265. The van der Waals surface area contributed by atoms with Gasteiger partial charge in [0.2, 0.25) is 0 Å². The fourth-order valence-electron chi connectivity index (χ4n) is 2.79. The van der Waals surface area contributed by atoms with Crippen LogP contribution < -0.4 is 15.8 Å². The molecule has 0 aromatic heterocycles. The third-order valence-corrected chi connectivity index (χ3v) is 4.13. The first-order valence-electron chi connectivity index (χ1n) is 8.44. The van der Waals surface area contributed by atoms with Gasteiger partial charge in [0, 0.05) is 5.39 Å². The highest BCUT2D eigenvalue weighted by Gasteiger charge is 2.21. The fourth-order valence-corrected chi connectivity index (χ4v) is 2.79. The molecule has 0 aliphatic heterocycles. The van der Waals surface area contributed by atoms with E-state index in [9.17, 15) is 9.59 Å². The molecule has 3 N–H and O–H groups in total. The SMILES string of the molecule is CCC(Oc1cccc2ccccc12)C(=O)Nc1ccccc1C(N)=O. The van der Waals surface area contributed by atoms with Crippen LogP contribution in [0.1, 0.15) is 23.7 Å². The minimum atomic E-state index is -0.693. The molecule has 3 aromatic carbocycles. The van der Waals surface area contributed by atoms with Gasteiger partial charge in [0.1, 0.15) is 5.75 Å². The summed E-state index contributed by atoms with van der Waals surface area (Å²) in [5.74, 6) is -0.272. The third-order valence-electron chi connectivity index (χ3n) is 4.13. The number of hydrogen-bond acceptors (Lipinski definition) is 3. The number of amides is 2. The summed E-state index contributed by atoms with van der Waals surface area (Å²) in [6.45, 7) is 1.87. The first-order chi connectivity index (χ1) is 12.6. The topological polar surface area (TPSA) is 81.4 Å². The number of carbonyl (C=O) groups excluding carboxylic acids is 2. The molecule has 0 spiro atoms. The van der Waals surface area contributed by atoms with Crippen LogP contribution in [0.3, 0.4) is 0 Å². The minimum Gasteiger partial charge on any atom is -0.480 e. The van der Waals surface area contributed by atoms with Crippen molar-refractivity contribution in [2.24, 2.45) is 5.73 Å². The summed E-state index contributed by atoms with van der Waals surface area (Å²) in [5, 5.41) is 4.73. The predicted molar refractivity (Wildman–Crippen MR) is 102 cm³/mol. The highest BCUT2D eigenvalue weighted by molar-refractivity contribution is 6.04. The highest BCUT2D eigenvalue weighted by Crippen LogP contribution is 2.27. The normalized spacial score (nSPS) is 11.7. The molecule has 3 rings (SSSR count). The maximum Gasteiger partial charge on any atom is 0.265 e. The Morgan fingerprint density at radius 1 is 1.00 bits per heavy atom. The Morgan fingerprint density at radius 3 is 2.46 bits per heavy atom. The molecule has 3 aromatic rings. The number of carbonyl (C=O) groups is 2. The quantitative estimate of drug-likeness (QED) is 0.712. The van der Waals surface area contributed by atoms with Gasteiger partial charge in [-0.3, -0.25) is 9.59 Å². The summed E-state index contributed by atoms with van der Waals surface area (Å²) in [5.41, 5.74) is 6.01. The van der Waals surface area contributed by atoms with E-state index in [1.165, 1.54) is 0 Å². The monoisotopic (exact) mass is 348 g/mol. The van der Waals surface area contributed by atoms with Crippen LogP contribution in [0.15, 0.2) is 66.7 Å². The molecule has 0 fully saturated rings. The van der Waals surface area contributed by atoms with Crippen molar-refractivity contribution in [1.29, 1.82) is 0 Å². The second-order valence-corrected chi connectivity index (χ2v) is 5.89. The molecule has 0 saturated heterocycles. The van der Waals surface area contributed by atoms with Gasteiger partial charge in [0.15, 0.2) is 6.10 Å². The van der Waals surface area contributed by atoms with Crippen molar-refractivity contribution < 1.29 is 14.3 Å². The molecule has 1 atom stereocenters. The Labute approximate surface area is 151 Å². The van der Waals surface area contributed by atoms with Gasteiger partial charge in [-0.2, -0.15) is 0 Å². The molecule has 0 heterocycles. The lowest BCUT2D eigenvalue weighted by Gasteiger charge is -2.19. The van der Waals surface area contributed by atoms with E-state index in [1.807, 2.05) is 49.4 Å². The van der Waals surface area contributed by atoms with E-state index in [2.05, 4.69) is 5.32 Å². The Kier molecular flexibility index (Phi) is 5.17. The van der Waals surface area contributed by atoms with Crippen LogP contribution in [-0.4, -0.2) is 17.9 Å². The van der Waals surface area contributed by atoms with E-state index in [-0.39, 0.29) is 11.5 Å². The first-order valence-corrected chi connectivity index (χ1v) is 8.44. The van der Waals surface area contributed by atoms with Gasteiger partial charge < -0.3 is 15.8 Å². The second kappa shape index (κ2) is 7.70. The molecule has 5 nitrogen and oxygen atoms in total. The zero-order chi connectivity index (χ0) is 18.5. The molecule has 0 aliphatic rings. The van der Waals surface area contributed by atoms with Gasteiger partial charge in [-0.1, -0.05) is 55.5 Å². The molecule has 0 radical (unpaired) electrons. The fraction of sp³-hybridized carbons (Fsp3) is 0.143. The number of para-hydroxylation sites is 1. The average Bonchev–Trinajstić information content (AvgIpc) is 2.66. The first kappa shape index (κ1) is 17.5. The van der Waals surface area contributed by atoms with Gasteiger partial charge in [0.05, 0.1) is 11.3 Å². The number of fused-ring (bicyclic) bond motifs is 1. The number of ether oxygens (including phenoxy) is 1. The molecule has 2 amide bonds. The van der Waals surface area contributed by atoms with Crippen LogP contribution >= 0.6 is 0 Å². The van der Waals surface area contributed by atoms with Crippen molar-refractivity contribution in [1.82, 2.24) is 0 Å². The van der Waals surface area contributed by atoms with Crippen LogP contribution in [0.2, 0.25) is 0 Å². The number of nitrogens with two attached hydrogens (primary N) is 1. The molecular weight excluding hydrogens is 328 g/mol. The lowest BCUT2D eigenvalue weighted by atomic mass is 10.1. The molecular formula is C21H20N2O3. The van der Waals surface area contributed by atoms with E-state index in [1.54, 1.807) is 24.3 Å². The number of anilines is 1. The molecule has 1 unspecified atom stereocenters. The van der Waals surface area contributed by atoms with E-state index in [0.717, 1.165) is 10.8 Å². The van der Waals surface area contributed by atoms with Crippen LogP contribution in [0, 0.1) is 0 Å². The zero-order valence-corrected chi connectivity index (χ0v) is 14.4. The summed E-state index contributed by atoms with van der Waals surface area (Å²) >= 11 is 0. The number of primary amides is 1. The van der Waals surface area contributed by atoms with Crippen LogP contribution in [-0.2, 0) is 4.79 Å². The molecule has 0 saturated carbocycles. The van der Waals surface area contributed by atoms with E-state index >= 15 is 0 Å². The summed E-state index contributed by atoms with van der Waals surface area (Å²) in [6.07, 6.45) is -0.213. The maximum absolute atomic E-state index is 12.7. The summed E-state index contributed by atoms with van der Waals surface area (Å²) in [7, 11) is 0. The van der Waals surface area contributed by atoms with Crippen LogP contribution in [0.25, 0.3) is 10.8 Å². The van der Waals surface area contributed by atoms with Gasteiger partial charge in [0.25, 0.3) is 11.8 Å². The Balaban J connectivity index is 1.83. The Hall–Kier alpha value is -3.34. The van der Waals surface area contributed by atoms with E-state index in [0.29, 0.717) is 17.9 Å². The van der Waals surface area contributed by atoms with Gasteiger partial charge in [-0.15, -0.1) is 0 Å². The van der Waals surface area contributed by atoms with E-state index < -0.39 is 12.0 Å². The van der Waals surface area contributed by atoms with Crippen molar-refractivity contribution in [3.63, 3.8) is 0 Å². The Morgan fingerprint density at radius 2 is 1.69 bits per heavy atom. The average molecular weight is 348 g/mol. The molecule has 0 aliphatic carbocycles. The van der Waals surface area contributed by atoms with Crippen molar-refractivity contribution in [2.45, 2.75) is 19.4 Å². The smallest absolute Gasteiger partial charge is 0.265 e. The number of hydrogen-bond donors (Lipinski definition) is 2. The predicted octanol–water partition coefficient (Wildman–Crippen LogP) is 3.73. The molecule has 26 heavy (non-hydrogen) atoms. The second-order valence-electron chi connectivity index (χ2n) is 5.89. The standard InChI is InChI=1S/C21H20N2O3/c1-2-18(21(25)23-17-12-6-5-11-16(17)20(22)24)26-19-13-7-9-14-8-3-4-10-15(14)19/h3-13,18H,2H2,1H3,(H2,22,24)(H,23,25). The molecule has 132 valence electrons. The van der Waals surface area contributed by atoms with E-state index in [4.69, 9.17) is 10.5 Å². The lowest BCUT2D eigenvalue weighted by molar-refractivity contribution is -0.122. The van der Waals surface area contributed by atoms with Crippen molar-refractivity contribution in [3.05, 3.63) is 72.3 Å². The lowest BCUT2D eigenvalue weighted by Crippen LogP contribution is -2.33. The van der Waals surface area contributed by atoms with Crippen LogP contribution in [0.5, 0.6) is 5.75 Å². The molecule has 5 heteroatoms. The summed E-state index contributed by atoms with van der Waals surface area (Å²) < 4.78 is 5.98. The van der Waals surface area contributed by atoms with Gasteiger partial charge in [-0.05, 0) is 30.0 Å². The zero-order valence-electron chi connectivity index (χ0n) is 14.4. The number of nitrogens with one attached hydrogen (secondary N) is 1. The van der Waals surface area contributed by atoms with Crippen molar-refractivity contribution in [2.75, 3.05) is 5.32 Å². The van der Waals surface area contributed by atoms with Crippen molar-refractivity contribution >= 4 is 28.3 Å². The molecule has 0 bridgehead atoms. The summed E-state index contributed by atoms with van der Waals surface area (Å²) in [4.78, 5) is 24.2. The van der Waals surface area contributed by atoms with Crippen LogP contribution in [0.4, 0.5) is 5.69 Å². The largest absolute Gasteiger partial charge is 0.480 e. The third kappa shape index (κ3) is 3.67. The maximum atomic E-state index is 12.7.